The molecule has 344 valence electrons. The van der Waals surface area contributed by atoms with Gasteiger partial charge in [0.1, 0.15) is 0 Å². The van der Waals surface area contributed by atoms with Crippen LogP contribution >= 0.6 is 11.3 Å². The molecule has 0 aliphatic carbocycles. The number of amides is 2. The molecular formula is C41H60N6O13S2. The smallest absolute Gasteiger partial charge is 0.306 e. The molecule has 21 heteroatoms. The number of fused-ring (bicyclic) bond motifs is 1. The highest BCUT2D eigenvalue weighted by Gasteiger charge is 2.17. The summed E-state index contributed by atoms with van der Waals surface area (Å²) >= 11 is 1.26. The summed E-state index contributed by atoms with van der Waals surface area (Å²) in [4.78, 5) is 52.2. The first kappa shape index (κ1) is 51.7. The number of carbonyl (C=O) groups is 4. The maximum Gasteiger partial charge on any atom is 0.306 e. The Bertz CT molecular complexity index is 2010. The quantitative estimate of drug-likeness (QED) is 0.0483. The molecule has 1 aromatic heterocycles. The first-order chi connectivity index (χ1) is 29.6. The fraction of sp³-hybridized carbons (Fsp3) is 0.585. The van der Waals surface area contributed by atoms with Gasteiger partial charge in [0.05, 0.1) is 85.5 Å². The lowest BCUT2D eigenvalue weighted by molar-refractivity contribution is -0.143. The Morgan fingerprint density at radius 1 is 0.726 bits per heavy atom. The number of rotatable bonds is 33. The van der Waals surface area contributed by atoms with Crippen molar-refractivity contribution in [2.75, 3.05) is 103 Å². The van der Waals surface area contributed by atoms with E-state index >= 15 is 0 Å². The van der Waals surface area contributed by atoms with Gasteiger partial charge in [-0.05, 0) is 61.7 Å². The van der Waals surface area contributed by atoms with Crippen LogP contribution in [0, 0.1) is 18.8 Å². The van der Waals surface area contributed by atoms with E-state index in [9.17, 15) is 27.6 Å². The van der Waals surface area contributed by atoms with E-state index in [1.165, 1.54) is 31.3 Å². The van der Waals surface area contributed by atoms with Crippen molar-refractivity contribution in [3.05, 3.63) is 42.0 Å². The number of aromatic nitrogens is 1. The molecule has 0 saturated heterocycles. The van der Waals surface area contributed by atoms with Crippen molar-refractivity contribution in [2.24, 2.45) is 22.1 Å². The van der Waals surface area contributed by atoms with Gasteiger partial charge in [0.2, 0.25) is 16.9 Å². The Morgan fingerprint density at radius 2 is 1.23 bits per heavy atom. The number of benzene rings is 2. The summed E-state index contributed by atoms with van der Waals surface area (Å²) in [6.45, 7) is 10.8. The van der Waals surface area contributed by atoms with Crippen LogP contribution in [-0.4, -0.2) is 146 Å². The average Bonchev–Trinajstić information content (AvgIpc) is 3.64. The van der Waals surface area contributed by atoms with Crippen molar-refractivity contribution in [2.45, 2.75) is 51.3 Å². The molecule has 2 aromatic carbocycles. The van der Waals surface area contributed by atoms with Gasteiger partial charge < -0.3 is 49.4 Å². The molecule has 0 fully saturated rings. The molecule has 0 radical (unpaired) electrons. The second-order valence-electron chi connectivity index (χ2n) is 14.4. The van der Waals surface area contributed by atoms with E-state index in [0.717, 1.165) is 17.5 Å². The number of sulfone groups is 1. The molecule has 0 spiro atoms. The second kappa shape index (κ2) is 28.1. The normalized spacial score (nSPS) is 12.7. The third-order valence-corrected chi connectivity index (χ3v) is 11.1. The van der Waals surface area contributed by atoms with Crippen molar-refractivity contribution in [1.29, 1.82) is 0 Å². The Kier molecular flexibility index (Phi) is 23.5. The van der Waals surface area contributed by atoms with Gasteiger partial charge in [0, 0.05) is 64.2 Å². The number of anilines is 1. The van der Waals surface area contributed by atoms with E-state index < -0.39 is 33.6 Å². The summed E-state index contributed by atoms with van der Waals surface area (Å²) in [7, 11) is -3.35. The van der Waals surface area contributed by atoms with E-state index in [2.05, 4.69) is 30.7 Å². The van der Waals surface area contributed by atoms with Crippen LogP contribution in [0.3, 0.4) is 0 Å². The van der Waals surface area contributed by atoms with Crippen LogP contribution in [0.5, 0.6) is 0 Å². The molecule has 3 rings (SSSR count). The topological polar surface area (TPSA) is 254 Å². The Labute approximate surface area is 366 Å². The molecule has 62 heavy (non-hydrogen) atoms. The van der Waals surface area contributed by atoms with Crippen LogP contribution in [0.4, 0.5) is 16.5 Å². The largest absolute Gasteiger partial charge is 0.481 e. The van der Waals surface area contributed by atoms with Crippen molar-refractivity contribution < 1.29 is 61.5 Å². The number of aliphatic carboxylic acids is 2. The number of thiazole rings is 1. The first-order valence-corrected chi connectivity index (χ1v) is 23.1. The lowest BCUT2D eigenvalue weighted by Crippen LogP contribution is -2.31. The highest BCUT2D eigenvalue weighted by atomic mass is 32.2. The van der Waals surface area contributed by atoms with Gasteiger partial charge in [-0.3, -0.25) is 19.2 Å². The number of carbonyl (C=O) groups excluding carboxylic acids is 2. The second-order valence-corrected chi connectivity index (χ2v) is 17.4. The summed E-state index contributed by atoms with van der Waals surface area (Å²) in [5, 5.41) is 32.4. The molecule has 0 aliphatic rings. The summed E-state index contributed by atoms with van der Waals surface area (Å²) in [5.74, 6) is -4.07. The van der Waals surface area contributed by atoms with Crippen molar-refractivity contribution in [3.8, 4) is 0 Å². The zero-order valence-electron chi connectivity index (χ0n) is 35.8. The van der Waals surface area contributed by atoms with Crippen molar-refractivity contribution in [3.63, 3.8) is 0 Å². The monoisotopic (exact) mass is 908 g/mol. The molecule has 0 aliphatic heterocycles. The van der Waals surface area contributed by atoms with Gasteiger partial charge in [-0.2, -0.15) is 0 Å². The molecule has 2 atom stereocenters. The number of carboxylic acids is 2. The lowest BCUT2D eigenvalue weighted by atomic mass is 10.1. The third kappa shape index (κ3) is 20.5. The molecular weight excluding hydrogens is 849 g/mol. The van der Waals surface area contributed by atoms with Crippen molar-refractivity contribution in [1.82, 2.24) is 15.6 Å². The van der Waals surface area contributed by atoms with Gasteiger partial charge in [-0.25, -0.2) is 13.4 Å². The Morgan fingerprint density at radius 3 is 1.71 bits per heavy atom. The molecule has 3 aromatic rings. The highest BCUT2D eigenvalue weighted by Crippen LogP contribution is 2.32. The van der Waals surface area contributed by atoms with Crippen LogP contribution in [0.1, 0.15) is 45.1 Å². The lowest BCUT2D eigenvalue weighted by Gasteiger charge is -2.25. The minimum absolute atomic E-state index is 0.0583. The van der Waals surface area contributed by atoms with E-state index in [4.69, 9.17) is 33.9 Å². The standard InChI is InChI=1S/C41H60N6O13S2/c1-29-25-32(7-9-34(29)45-46-41-44-35-10-8-33(62(4,54)55)28-36(35)61-41)47(13-17-58-21-19-56-15-5-11-42-37(48)26-30(2)39(50)51)14-18-59-22-24-60-23-20-57-16-6-12-43-38(49)27-31(3)40(52)53/h7-10,25,28,30-31H,5-6,11-24,26-27H2,1-4H3,(H,42,48)(H,43,49)(H,50,51)(H,52,53)/b46-45+. The number of nitrogens with zero attached hydrogens (tertiary/aromatic N) is 4. The number of ether oxygens (including phenoxy) is 5. The maximum atomic E-state index is 12.0. The first-order valence-electron chi connectivity index (χ1n) is 20.4. The minimum atomic E-state index is -3.35. The number of carboxylic acid groups (broad SMARTS) is 2. The van der Waals surface area contributed by atoms with E-state index in [0.29, 0.717) is 126 Å². The molecule has 4 N–H and O–H groups in total. The Hall–Kier alpha value is -4.64. The summed E-state index contributed by atoms with van der Waals surface area (Å²) in [6, 6.07) is 10.6. The maximum absolute atomic E-state index is 12.0. The van der Waals surface area contributed by atoms with Crippen LogP contribution < -0.4 is 15.5 Å². The number of hydrogen-bond acceptors (Lipinski definition) is 16. The van der Waals surface area contributed by atoms with Crippen LogP contribution in [-0.2, 0) is 52.7 Å². The zero-order valence-corrected chi connectivity index (χ0v) is 37.5. The number of nitrogens with one attached hydrogen (secondary N) is 2. The van der Waals surface area contributed by atoms with E-state index in [-0.39, 0.29) is 29.6 Å². The molecule has 0 saturated carbocycles. The van der Waals surface area contributed by atoms with Gasteiger partial charge in [0.15, 0.2) is 9.84 Å². The average molecular weight is 909 g/mol. The van der Waals surface area contributed by atoms with Gasteiger partial charge in [-0.1, -0.05) is 25.2 Å². The van der Waals surface area contributed by atoms with Crippen LogP contribution in [0.25, 0.3) is 10.2 Å². The molecule has 1 heterocycles. The predicted octanol–water partition coefficient (Wildman–Crippen LogP) is 4.55. The minimum Gasteiger partial charge on any atom is -0.481 e. The molecule has 2 amide bonds. The third-order valence-electron chi connectivity index (χ3n) is 9.09. The predicted molar refractivity (Wildman–Crippen MR) is 232 cm³/mol. The van der Waals surface area contributed by atoms with Gasteiger partial charge >= 0.3 is 11.9 Å². The summed E-state index contributed by atoms with van der Waals surface area (Å²) < 4.78 is 53.1. The van der Waals surface area contributed by atoms with Gasteiger partial charge in [0.25, 0.3) is 0 Å². The van der Waals surface area contributed by atoms with E-state index in [1.54, 1.807) is 12.1 Å². The number of aryl methyl sites for hydroxylation is 1. The highest BCUT2D eigenvalue weighted by molar-refractivity contribution is 7.90. The number of azo groups is 1. The van der Waals surface area contributed by atoms with E-state index in [1.807, 2.05) is 25.1 Å². The molecule has 0 bridgehead atoms. The molecule has 2 unspecified atom stereocenters. The zero-order chi connectivity index (χ0) is 45.3. The van der Waals surface area contributed by atoms with Crippen molar-refractivity contribution >= 4 is 71.6 Å². The fourth-order valence-corrected chi connectivity index (χ4v) is 7.02. The Balaban J connectivity index is 1.42. The summed E-state index contributed by atoms with van der Waals surface area (Å²) in [5.41, 5.74) is 3.10. The summed E-state index contributed by atoms with van der Waals surface area (Å²) in [6.07, 6.45) is 2.22. The van der Waals surface area contributed by atoms with Crippen LogP contribution in [0.2, 0.25) is 0 Å². The SMILES string of the molecule is Cc1cc(N(CCOCCOCCCNC(=O)CC(C)C(=O)O)CCOCCOCCOCCCNC(=O)CC(C)C(=O)O)ccc1/N=N/c1nc2ccc(S(C)(=O)=O)cc2s1. The van der Waals surface area contributed by atoms with Gasteiger partial charge in [-0.15, -0.1) is 10.2 Å². The molecule has 19 nitrogen and oxygen atoms in total. The fourth-order valence-electron chi connectivity index (χ4n) is 5.47. The number of hydrogen-bond donors (Lipinski definition) is 4. The van der Waals surface area contributed by atoms with Crippen LogP contribution in [0.15, 0.2) is 51.5 Å².